The molecule has 9 heteroatoms. The predicted octanol–water partition coefficient (Wildman–Crippen LogP) is 4.77. The van der Waals surface area contributed by atoms with Crippen LogP contribution >= 0.6 is 0 Å². The van der Waals surface area contributed by atoms with Gasteiger partial charge in [-0.3, -0.25) is 14.0 Å². The van der Waals surface area contributed by atoms with Gasteiger partial charge in [0.25, 0.3) is 0 Å². The van der Waals surface area contributed by atoms with Crippen LogP contribution in [-0.2, 0) is 14.3 Å². The molecule has 1 aromatic rings. The highest BCUT2D eigenvalue weighted by atomic mass is 19.1. The number of carbonyl (C=O) groups is 3. The van der Waals surface area contributed by atoms with Crippen molar-refractivity contribution in [2.45, 2.75) is 71.4 Å². The van der Waals surface area contributed by atoms with Gasteiger partial charge in [-0.05, 0) is 70.6 Å². The van der Waals surface area contributed by atoms with Gasteiger partial charge in [0.1, 0.15) is 23.7 Å². The third-order valence-corrected chi connectivity index (χ3v) is 5.41. The molecular weight excluding hydrogens is 427 g/mol. The molecular formula is C23H30F3NO5. The number of hydrogen-bond donors (Lipinski definition) is 1. The largest absolute Gasteiger partial charge is 0.466 e. The summed E-state index contributed by atoms with van der Waals surface area (Å²) in [7, 11) is 0. The molecule has 1 saturated carbocycles. The number of nitrogens with one attached hydrogen (secondary N) is 1. The van der Waals surface area contributed by atoms with Crippen LogP contribution in [0.1, 0.15) is 74.4 Å². The number of Topliss-reactive ketones (excluding diaryl/α,β-unsaturated/α-hetero) is 1. The van der Waals surface area contributed by atoms with Crippen LogP contribution in [-0.4, -0.2) is 42.8 Å². The van der Waals surface area contributed by atoms with Crippen molar-refractivity contribution in [1.29, 1.82) is 0 Å². The molecule has 0 aliphatic heterocycles. The Morgan fingerprint density at radius 1 is 1.19 bits per heavy atom. The van der Waals surface area contributed by atoms with Gasteiger partial charge in [0.2, 0.25) is 0 Å². The first-order chi connectivity index (χ1) is 14.9. The smallest absolute Gasteiger partial charge is 0.407 e. The van der Waals surface area contributed by atoms with E-state index in [0.717, 1.165) is 6.07 Å². The van der Waals surface area contributed by atoms with Gasteiger partial charge in [0.15, 0.2) is 5.78 Å². The first kappa shape index (κ1) is 25.7. The number of halogens is 3. The number of rotatable bonds is 7. The highest BCUT2D eigenvalue weighted by Crippen LogP contribution is 2.42. The van der Waals surface area contributed by atoms with Gasteiger partial charge in [-0.1, -0.05) is 0 Å². The Balaban J connectivity index is 2.24. The molecule has 1 fully saturated rings. The Morgan fingerprint density at radius 2 is 1.84 bits per heavy atom. The Morgan fingerprint density at radius 3 is 2.41 bits per heavy atom. The fraction of sp³-hybridized carbons (Fsp3) is 0.609. The monoisotopic (exact) mass is 457 g/mol. The van der Waals surface area contributed by atoms with Gasteiger partial charge in [-0.15, -0.1) is 0 Å². The summed E-state index contributed by atoms with van der Waals surface area (Å²) in [6, 6.07) is 0.171. The second-order valence-corrected chi connectivity index (χ2v) is 9.00. The highest BCUT2D eigenvalue weighted by molar-refractivity contribution is 6.06. The third-order valence-electron chi connectivity index (χ3n) is 5.41. The molecule has 178 valence electrons. The molecule has 0 radical (unpaired) electrons. The normalized spacial score (nSPS) is 20.7. The van der Waals surface area contributed by atoms with E-state index in [4.69, 9.17) is 4.74 Å². The molecule has 1 aliphatic carbocycles. The fourth-order valence-electron chi connectivity index (χ4n) is 4.08. The summed E-state index contributed by atoms with van der Waals surface area (Å²) < 4.78 is 53.4. The van der Waals surface area contributed by atoms with Crippen LogP contribution in [0.5, 0.6) is 0 Å². The van der Waals surface area contributed by atoms with Gasteiger partial charge in [0, 0.05) is 12.0 Å². The zero-order chi connectivity index (χ0) is 24.2. The van der Waals surface area contributed by atoms with E-state index in [9.17, 15) is 27.6 Å². The van der Waals surface area contributed by atoms with E-state index in [1.807, 2.05) is 0 Å². The van der Waals surface area contributed by atoms with E-state index >= 15 is 0 Å². The van der Waals surface area contributed by atoms with Crippen molar-refractivity contribution >= 4 is 17.8 Å². The molecule has 0 spiro atoms. The molecule has 0 saturated heterocycles. The van der Waals surface area contributed by atoms with E-state index < -0.39 is 71.6 Å². The van der Waals surface area contributed by atoms with Crippen molar-refractivity contribution in [2.75, 3.05) is 13.3 Å². The molecule has 3 atom stereocenters. The van der Waals surface area contributed by atoms with Crippen LogP contribution in [0.15, 0.2) is 6.07 Å². The molecule has 0 aromatic heterocycles. The molecule has 32 heavy (non-hydrogen) atoms. The van der Waals surface area contributed by atoms with Crippen LogP contribution in [0.4, 0.5) is 18.0 Å². The summed E-state index contributed by atoms with van der Waals surface area (Å²) >= 11 is 0. The maximum absolute atomic E-state index is 15.0. The number of esters is 1. The Kier molecular flexibility index (Phi) is 8.31. The summed E-state index contributed by atoms with van der Waals surface area (Å²) in [5, 5.41) is 2.63. The summed E-state index contributed by atoms with van der Waals surface area (Å²) in [5.41, 5.74) is -1.29. The number of ether oxygens (including phenoxy) is 2. The summed E-state index contributed by atoms with van der Waals surface area (Å²) in [4.78, 5) is 35.9. The Labute approximate surface area is 185 Å². The fourth-order valence-corrected chi connectivity index (χ4v) is 4.08. The van der Waals surface area contributed by atoms with E-state index in [1.54, 1.807) is 27.7 Å². The molecule has 1 amide bonds. The summed E-state index contributed by atoms with van der Waals surface area (Å²) in [6.45, 7) is 7.33. The molecule has 6 nitrogen and oxygen atoms in total. The quantitative estimate of drug-likeness (QED) is 0.363. The van der Waals surface area contributed by atoms with Crippen molar-refractivity contribution < 1.29 is 37.0 Å². The molecule has 1 N–H and O–H groups in total. The van der Waals surface area contributed by atoms with Gasteiger partial charge < -0.3 is 14.8 Å². The molecule has 1 aromatic carbocycles. The van der Waals surface area contributed by atoms with Crippen LogP contribution in [0, 0.1) is 24.5 Å². The van der Waals surface area contributed by atoms with Crippen LogP contribution in [0.25, 0.3) is 0 Å². The predicted molar refractivity (Wildman–Crippen MR) is 111 cm³/mol. The lowest BCUT2D eigenvalue weighted by Crippen LogP contribution is -2.41. The number of alkyl carbamates (subject to hydrolysis) is 1. The van der Waals surface area contributed by atoms with Crippen LogP contribution in [0.2, 0.25) is 0 Å². The van der Waals surface area contributed by atoms with E-state index in [2.05, 4.69) is 10.1 Å². The van der Waals surface area contributed by atoms with Gasteiger partial charge >= 0.3 is 12.1 Å². The summed E-state index contributed by atoms with van der Waals surface area (Å²) in [5.74, 6) is -4.57. The zero-order valence-electron chi connectivity index (χ0n) is 19.0. The number of amides is 1. The van der Waals surface area contributed by atoms with E-state index in [1.165, 1.54) is 6.92 Å². The minimum Gasteiger partial charge on any atom is -0.466 e. The number of alkyl halides is 1. The Bertz CT molecular complexity index is 881. The second-order valence-electron chi connectivity index (χ2n) is 9.00. The van der Waals surface area contributed by atoms with Gasteiger partial charge in [-0.25, -0.2) is 13.6 Å². The standard InChI is InChI=1S/C23H30F3NO5/c1-6-31-19(29)10-18(28)15-9-16(25)20(12(2)21(15)26)13-7-14(11-24)17(8-13)27-22(30)32-23(3,4)5/h9,13-14,17H,6-8,10-11H2,1-5H3,(H,27,30)/t13?,14-,17-/m1/s1. The topological polar surface area (TPSA) is 81.7 Å². The molecule has 1 aliphatic rings. The minimum atomic E-state index is -0.920. The molecule has 0 heterocycles. The molecule has 1 unspecified atom stereocenters. The lowest BCUT2D eigenvalue weighted by atomic mass is 9.89. The number of benzene rings is 1. The number of carbonyl (C=O) groups excluding carboxylic acids is 3. The van der Waals surface area contributed by atoms with E-state index in [-0.39, 0.29) is 30.6 Å². The van der Waals surface area contributed by atoms with Gasteiger partial charge in [0.05, 0.1) is 18.8 Å². The van der Waals surface area contributed by atoms with Gasteiger partial charge in [-0.2, -0.15) is 0 Å². The van der Waals surface area contributed by atoms with Crippen molar-refractivity contribution in [1.82, 2.24) is 5.32 Å². The lowest BCUT2D eigenvalue weighted by molar-refractivity contribution is -0.141. The average Bonchev–Trinajstić information content (AvgIpc) is 3.05. The van der Waals surface area contributed by atoms with Crippen molar-refractivity contribution in [3.63, 3.8) is 0 Å². The minimum absolute atomic E-state index is 0.0436. The first-order valence-electron chi connectivity index (χ1n) is 10.6. The van der Waals surface area contributed by atoms with Crippen molar-refractivity contribution in [3.8, 4) is 0 Å². The zero-order valence-corrected chi connectivity index (χ0v) is 19.0. The maximum Gasteiger partial charge on any atom is 0.407 e. The van der Waals surface area contributed by atoms with Crippen molar-refractivity contribution in [3.05, 3.63) is 34.4 Å². The van der Waals surface area contributed by atoms with Crippen LogP contribution in [0.3, 0.4) is 0 Å². The molecule has 2 rings (SSSR count). The van der Waals surface area contributed by atoms with Crippen LogP contribution < -0.4 is 5.32 Å². The lowest BCUT2D eigenvalue weighted by Gasteiger charge is -2.23. The number of hydrogen-bond acceptors (Lipinski definition) is 5. The average molecular weight is 457 g/mol. The Hall–Kier alpha value is -2.58. The second kappa shape index (κ2) is 10.4. The number of ketones is 1. The van der Waals surface area contributed by atoms with E-state index in [0.29, 0.717) is 0 Å². The maximum atomic E-state index is 15.0. The van der Waals surface area contributed by atoms with Crippen molar-refractivity contribution in [2.24, 2.45) is 5.92 Å². The third kappa shape index (κ3) is 6.23. The molecule has 0 bridgehead atoms. The first-order valence-corrected chi connectivity index (χ1v) is 10.6. The summed E-state index contributed by atoms with van der Waals surface area (Å²) in [6.07, 6.45) is -1.01. The highest BCUT2D eigenvalue weighted by Gasteiger charge is 2.39. The SMILES string of the molecule is CCOC(=O)CC(=O)c1cc(F)c(C2C[C@H](CF)[C@H](NC(=O)OC(C)(C)C)C2)c(C)c1F.